The number of alkyl halides is 4. The topological polar surface area (TPSA) is 110 Å². The minimum absolute atomic E-state index is 0.0148. The summed E-state index contributed by atoms with van der Waals surface area (Å²) in [6, 6.07) is 9.46. The highest BCUT2D eigenvalue weighted by molar-refractivity contribution is 5.99. The van der Waals surface area contributed by atoms with Crippen LogP contribution in [0.3, 0.4) is 0 Å². The van der Waals surface area contributed by atoms with Gasteiger partial charge in [0, 0.05) is 37.0 Å². The second-order valence-corrected chi connectivity index (χ2v) is 9.38. The second-order valence-electron chi connectivity index (χ2n) is 9.38. The number of carbonyl (C=O) groups is 1. The molecular formula is C25H22F4N8O2. The van der Waals surface area contributed by atoms with Gasteiger partial charge in [-0.25, -0.2) is 23.8 Å². The van der Waals surface area contributed by atoms with E-state index in [9.17, 15) is 22.4 Å². The smallest absolute Gasteiger partial charge is 0.368 e. The number of nitrogens with zero attached hydrogens (tertiary/aromatic N) is 6. The Kier molecular flexibility index (Phi) is 6.25. The molecule has 4 aromatic rings. The third-order valence-corrected chi connectivity index (χ3v) is 6.51. The van der Waals surface area contributed by atoms with Crippen molar-refractivity contribution in [1.29, 1.82) is 0 Å². The van der Waals surface area contributed by atoms with Crippen LogP contribution in [0.2, 0.25) is 0 Å². The molecule has 2 N–H and O–H groups in total. The summed E-state index contributed by atoms with van der Waals surface area (Å²) < 4.78 is 60.5. The molecule has 3 atom stereocenters. The second kappa shape index (κ2) is 9.76. The van der Waals surface area contributed by atoms with Gasteiger partial charge in [0.15, 0.2) is 11.5 Å². The lowest BCUT2D eigenvalue weighted by molar-refractivity contribution is -0.141. The van der Waals surface area contributed by atoms with Gasteiger partial charge in [-0.3, -0.25) is 4.98 Å². The predicted octanol–water partition coefficient (Wildman–Crippen LogP) is 4.41. The van der Waals surface area contributed by atoms with Gasteiger partial charge in [0.05, 0.1) is 29.6 Å². The maximum atomic E-state index is 14.3. The zero-order chi connectivity index (χ0) is 27.1. The van der Waals surface area contributed by atoms with Gasteiger partial charge in [0.2, 0.25) is 0 Å². The normalized spacial score (nSPS) is 20.8. The van der Waals surface area contributed by atoms with E-state index in [0.717, 1.165) is 4.68 Å². The van der Waals surface area contributed by atoms with Gasteiger partial charge in [-0.15, -0.1) is 0 Å². The summed E-state index contributed by atoms with van der Waals surface area (Å²) in [5.74, 6) is 0.539. The van der Waals surface area contributed by atoms with Crippen molar-refractivity contribution in [2.75, 3.05) is 28.6 Å². The Hall–Kier alpha value is -4.33. The van der Waals surface area contributed by atoms with Gasteiger partial charge in [0.1, 0.15) is 24.6 Å². The van der Waals surface area contributed by atoms with Crippen LogP contribution in [0, 0.1) is 0 Å². The number of pyridine rings is 1. The molecule has 2 bridgehead atoms. The van der Waals surface area contributed by atoms with E-state index in [1.807, 2.05) is 4.90 Å². The molecule has 6 rings (SSSR count). The van der Waals surface area contributed by atoms with E-state index in [2.05, 4.69) is 30.7 Å². The molecule has 2 saturated heterocycles. The van der Waals surface area contributed by atoms with Crippen LogP contribution >= 0.6 is 0 Å². The first-order valence-electron chi connectivity index (χ1n) is 12.1. The quantitative estimate of drug-likeness (QED) is 0.360. The van der Waals surface area contributed by atoms with Crippen LogP contribution < -0.4 is 15.5 Å². The molecule has 10 nitrogen and oxygen atoms in total. The van der Waals surface area contributed by atoms with Gasteiger partial charge in [-0.05, 0) is 36.4 Å². The molecule has 0 spiro atoms. The Morgan fingerprint density at radius 2 is 1.85 bits per heavy atom. The minimum Gasteiger partial charge on any atom is -0.368 e. The van der Waals surface area contributed by atoms with Crippen molar-refractivity contribution in [3.05, 3.63) is 55.0 Å². The first-order chi connectivity index (χ1) is 18.7. The number of nitrogens with one attached hydrogen (secondary N) is 2. The van der Waals surface area contributed by atoms with Crippen molar-refractivity contribution in [3.8, 4) is 11.4 Å². The lowest BCUT2D eigenvalue weighted by Gasteiger charge is -2.33. The van der Waals surface area contributed by atoms with Crippen LogP contribution in [-0.4, -0.2) is 68.4 Å². The number of rotatable bonds is 5. The fourth-order valence-electron chi connectivity index (χ4n) is 4.81. The number of aromatic nitrogens is 5. The van der Waals surface area contributed by atoms with E-state index < -0.39 is 31.0 Å². The maximum Gasteiger partial charge on any atom is 0.408 e. The van der Waals surface area contributed by atoms with Crippen LogP contribution in [0.1, 0.15) is 6.42 Å². The number of carbonyl (C=O) groups excluding carboxylic acids is 1. The monoisotopic (exact) mass is 542 g/mol. The first-order valence-corrected chi connectivity index (χ1v) is 12.1. The zero-order valence-corrected chi connectivity index (χ0v) is 20.3. The Balaban J connectivity index is 1.31. The Labute approximate surface area is 219 Å². The summed E-state index contributed by atoms with van der Waals surface area (Å²) >= 11 is 0. The molecule has 2 amide bonds. The molecule has 5 heterocycles. The van der Waals surface area contributed by atoms with Crippen LogP contribution in [0.5, 0.6) is 0 Å². The summed E-state index contributed by atoms with van der Waals surface area (Å²) in [6.07, 6.45) is -1.93. The summed E-state index contributed by atoms with van der Waals surface area (Å²) in [5.41, 5.74) is 1.52. The minimum atomic E-state index is -4.51. The molecule has 0 radical (unpaired) electrons. The van der Waals surface area contributed by atoms with Crippen molar-refractivity contribution >= 4 is 34.3 Å². The highest BCUT2D eigenvalue weighted by atomic mass is 19.4. The molecule has 0 aliphatic carbocycles. The molecule has 2 aliphatic rings. The number of benzene rings is 1. The van der Waals surface area contributed by atoms with Crippen molar-refractivity contribution in [1.82, 2.24) is 24.7 Å². The third-order valence-electron chi connectivity index (χ3n) is 6.51. The van der Waals surface area contributed by atoms with E-state index >= 15 is 0 Å². The predicted molar refractivity (Wildman–Crippen MR) is 134 cm³/mol. The number of anilines is 3. The lowest BCUT2D eigenvalue weighted by Crippen LogP contribution is -2.44. The number of urea groups is 1. The third kappa shape index (κ3) is 5.32. The molecule has 2 fully saturated rings. The molecule has 2 aliphatic heterocycles. The summed E-state index contributed by atoms with van der Waals surface area (Å²) in [4.78, 5) is 27.1. The lowest BCUT2D eigenvalue weighted by atomic mass is 10.2. The maximum absolute atomic E-state index is 14.3. The summed E-state index contributed by atoms with van der Waals surface area (Å²) in [5, 5.41) is 9.62. The van der Waals surface area contributed by atoms with E-state index in [1.54, 1.807) is 42.6 Å². The van der Waals surface area contributed by atoms with E-state index in [4.69, 9.17) is 4.74 Å². The number of hydrogen-bond donors (Lipinski definition) is 2. The van der Waals surface area contributed by atoms with Crippen LogP contribution in [0.15, 0.2) is 55.0 Å². The molecule has 1 aromatic carbocycles. The average molecular weight is 542 g/mol. The van der Waals surface area contributed by atoms with Crippen LogP contribution in [0.4, 0.5) is 39.5 Å². The van der Waals surface area contributed by atoms with E-state index in [0.29, 0.717) is 34.7 Å². The Morgan fingerprint density at radius 3 is 2.56 bits per heavy atom. The van der Waals surface area contributed by atoms with Gasteiger partial charge in [0.25, 0.3) is 0 Å². The molecular weight excluding hydrogens is 520 g/mol. The SMILES string of the molecule is O=C(Nc1ccc(-c2nc(N3CC4CC(F)C(C3)O4)c3cnn(CC(F)(F)F)c3n2)cc1)Nc1cccnc1. The number of morpholine rings is 1. The fraction of sp³-hybridized carbons (Fsp3) is 0.320. The Bertz CT molecular complexity index is 1490. The largest absolute Gasteiger partial charge is 0.408 e. The van der Waals surface area contributed by atoms with Crippen molar-refractivity contribution in [2.24, 2.45) is 0 Å². The molecule has 3 aromatic heterocycles. The highest BCUT2D eigenvalue weighted by Gasteiger charge is 2.42. The standard InChI is InChI=1S/C25H22F4N8O2/c26-19-8-17-11-36(12-20(19)39-17)22-18-10-31-37(13-25(27,28)29)23(18)35-21(34-22)14-3-5-15(6-4-14)32-24(38)33-16-2-1-7-30-9-16/h1-7,9-10,17,19-20H,8,11-13H2,(H2,32,33,38). The molecule has 3 unspecified atom stereocenters. The zero-order valence-electron chi connectivity index (χ0n) is 20.3. The van der Waals surface area contributed by atoms with Crippen molar-refractivity contribution in [2.45, 2.75) is 37.5 Å². The van der Waals surface area contributed by atoms with Crippen LogP contribution in [-0.2, 0) is 11.3 Å². The number of hydrogen-bond acceptors (Lipinski definition) is 7. The van der Waals surface area contributed by atoms with Gasteiger partial charge >= 0.3 is 12.2 Å². The van der Waals surface area contributed by atoms with Crippen molar-refractivity contribution < 1.29 is 27.1 Å². The molecule has 14 heteroatoms. The molecule has 202 valence electrons. The van der Waals surface area contributed by atoms with E-state index in [-0.39, 0.29) is 30.5 Å². The van der Waals surface area contributed by atoms with Crippen molar-refractivity contribution in [3.63, 3.8) is 0 Å². The highest BCUT2D eigenvalue weighted by Crippen LogP contribution is 2.35. The number of ether oxygens (including phenoxy) is 1. The fourth-order valence-corrected chi connectivity index (χ4v) is 4.81. The molecule has 0 saturated carbocycles. The summed E-state index contributed by atoms with van der Waals surface area (Å²) in [7, 11) is 0. The van der Waals surface area contributed by atoms with Crippen LogP contribution in [0.25, 0.3) is 22.4 Å². The summed E-state index contributed by atoms with van der Waals surface area (Å²) in [6.45, 7) is -0.757. The average Bonchev–Trinajstić information content (AvgIpc) is 3.41. The van der Waals surface area contributed by atoms with E-state index in [1.165, 1.54) is 12.4 Å². The van der Waals surface area contributed by atoms with Gasteiger partial charge < -0.3 is 20.3 Å². The van der Waals surface area contributed by atoms with Gasteiger partial charge in [-0.1, -0.05) is 0 Å². The number of amides is 2. The Morgan fingerprint density at radius 1 is 1.05 bits per heavy atom. The van der Waals surface area contributed by atoms with Gasteiger partial charge in [-0.2, -0.15) is 18.3 Å². The number of fused-ring (bicyclic) bond motifs is 3. The molecule has 39 heavy (non-hydrogen) atoms. The first kappa shape index (κ1) is 25.0. The number of halogens is 4.